The molecule has 0 radical (unpaired) electrons. The predicted molar refractivity (Wildman–Crippen MR) is 129 cm³/mol. The number of halogens is 3. The fraction of sp³-hybridized carbons (Fsp3) is 0.167. The van der Waals surface area contributed by atoms with Crippen LogP contribution in [0, 0.1) is 11.6 Å². The molecule has 0 unspecified atom stereocenters. The molecule has 1 amide bonds. The predicted octanol–water partition coefficient (Wildman–Crippen LogP) is 4.28. The average molecular weight is 513 g/mol. The van der Waals surface area contributed by atoms with E-state index < -0.39 is 17.4 Å². The Hall–Kier alpha value is -4.25. The molecule has 1 saturated heterocycles. The van der Waals surface area contributed by atoms with E-state index in [2.05, 4.69) is 26.7 Å². The van der Waals surface area contributed by atoms with Crippen LogP contribution in [0.2, 0.25) is 5.02 Å². The number of H-pyrrole nitrogens is 1. The lowest BCUT2D eigenvalue weighted by atomic mass is 10.0. The molecule has 1 aliphatic heterocycles. The van der Waals surface area contributed by atoms with Gasteiger partial charge in [0, 0.05) is 37.1 Å². The minimum absolute atomic E-state index is 0.130. The van der Waals surface area contributed by atoms with Crippen LogP contribution in [0.3, 0.4) is 0 Å². The molecule has 0 spiro atoms. The van der Waals surface area contributed by atoms with Gasteiger partial charge in [-0.25, -0.2) is 8.78 Å². The van der Waals surface area contributed by atoms with Gasteiger partial charge in [-0.2, -0.15) is 15.1 Å². The van der Waals surface area contributed by atoms with Crippen molar-refractivity contribution in [3.05, 3.63) is 66.0 Å². The number of phenolic OH excluding ortho intramolecular Hbond substituents is 1. The normalized spacial score (nSPS) is 13.8. The first-order valence-corrected chi connectivity index (χ1v) is 11.3. The number of hydrogen-bond acceptors (Lipinski definition) is 7. The van der Waals surface area contributed by atoms with Crippen molar-refractivity contribution in [1.82, 2.24) is 25.1 Å². The second-order valence-electron chi connectivity index (χ2n) is 7.96. The van der Waals surface area contributed by atoms with Crippen molar-refractivity contribution < 1.29 is 23.4 Å². The van der Waals surface area contributed by atoms with E-state index >= 15 is 4.39 Å². The summed E-state index contributed by atoms with van der Waals surface area (Å²) in [7, 11) is 0. The van der Waals surface area contributed by atoms with Crippen LogP contribution in [0.25, 0.3) is 22.0 Å². The summed E-state index contributed by atoms with van der Waals surface area (Å²) in [4.78, 5) is 24.2. The van der Waals surface area contributed by atoms with Crippen molar-refractivity contribution in [2.75, 3.05) is 31.1 Å². The highest BCUT2D eigenvalue weighted by Gasteiger charge is 2.27. The molecule has 2 aromatic heterocycles. The highest BCUT2D eigenvalue weighted by Crippen LogP contribution is 2.42. The smallest absolute Gasteiger partial charge is 0.324 e. The number of benzene rings is 2. The van der Waals surface area contributed by atoms with E-state index in [9.17, 15) is 14.3 Å². The Bertz CT molecular complexity index is 1450. The molecule has 12 heteroatoms. The Kier molecular flexibility index (Phi) is 6.15. The number of ether oxygens (including phenoxy) is 1. The fourth-order valence-electron chi connectivity index (χ4n) is 4.10. The number of aromatic nitrogens is 4. The number of amides is 1. The van der Waals surface area contributed by atoms with Crippen LogP contribution in [-0.4, -0.2) is 62.3 Å². The van der Waals surface area contributed by atoms with Crippen LogP contribution in [0.15, 0.2) is 49.3 Å². The largest absolute Gasteiger partial charge is 0.507 e. The molecule has 0 aliphatic carbocycles. The number of aromatic amines is 1. The summed E-state index contributed by atoms with van der Waals surface area (Å²) in [5.41, 5.74) is -0.888. The van der Waals surface area contributed by atoms with Gasteiger partial charge in [-0.05, 0) is 24.3 Å². The van der Waals surface area contributed by atoms with Crippen molar-refractivity contribution in [3.8, 4) is 28.6 Å². The zero-order valence-electron chi connectivity index (χ0n) is 18.7. The highest BCUT2D eigenvalue weighted by molar-refractivity contribution is 6.34. The van der Waals surface area contributed by atoms with Gasteiger partial charge in [-0.15, -0.1) is 0 Å². The first-order chi connectivity index (χ1) is 17.4. The number of carbonyl (C=O) groups excluding carboxylic acids is 1. The summed E-state index contributed by atoms with van der Waals surface area (Å²) in [5.74, 6) is -1.82. The van der Waals surface area contributed by atoms with Gasteiger partial charge in [0.15, 0.2) is 11.6 Å². The van der Waals surface area contributed by atoms with Gasteiger partial charge in [0.25, 0.3) is 0 Å². The molecule has 3 heterocycles. The number of rotatable bonds is 5. The summed E-state index contributed by atoms with van der Waals surface area (Å²) in [6, 6.07) is 4.89. The Morgan fingerprint density at radius 2 is 1.97 bits per heavy atom. The summed E-state index contributed by atoms with van der Waals surface area (Å²) >= 11 is 6.44. The van der Waals surface area contributed by atoms with Crippen LogP contribution in [-0.2, 0) is 4.79 Å². The number of hydrogen-bond donors (Lipinski definition) is 2. The van der Waals surface area contributed by atoms with Crippen molar-refractivity contribution in [1.29, 1.82) is 0 Å². The van der Waals surface area contributed by atoms with Gasteiger partial charge in [-0.1, -0.05) is 24.2 Å². The molecule has 1 aliphatic rings. The number of anilines is 1. The van der Waals surface area contributed by atoms with Crippen LogP contribution < -0.4 is 9.64 Å². The van der Waals surface area contributed by atoms with Crippen LogP contribution in [0.4, 0.5) is 14.6 Å². The quantitative estimate of drug-likeness (QED) is 0.384. The summed E-state index contributed by atoms with van der Waals surface area (Å²) in [6.07, 6.45) is 4.11. The second kappa shape index (κ2) is 9.42. The molecule has 5 rings (SSSR count). The zero-order chi connectivity index (χ0) is 25.4. The van der Waals surface area contributed by atoms with Crippen LogP contribution in [0.1, 0.15) is 0 Å². The number of phenols is 1. The van der Waals surface area contributed by atoms with Gasteiger partial charge >= 0.3 is 6.01 Å². The summed E-state index contributed by atoms with van der Waals surface area (Å²) in [6.45, 7) is 5.09. The Balaban J connectivity index is 1.67. The lowest BCUT2D eigenvalue weighted by molar-refractivity contribution is -0.126. The molecule has 184 valence electrons. The number of carbonyl (C=O) groups is 1. The zero-order valence-corrected chi connectivity index (χ0v) is 19.5. The van der Waals surface area contributed by atoms with E-state index in [4.69, 9.17) is 16.3 Å². The number of aromatic hydroxyl groups is 1. The SMILES string of the molecule is C=CC(=O)N1CCN(c2nc(Oc3cn[nH]c3)nc3c(F)c(-c4c(O)cccc4F)c(Cl)cc23)CC1. The minimum Gasteiger partial charge on any atom is -0.507 e. The molecule has 0 bridgehead atoms. The molecular formula is C24H19ClF2N6O3. The lowest BCUT2D eigenvalue weighted by Crippen LogP contribution is -2.48. The van der Waals surface area contributed by atoms with Crippen molar-refractivity contribution >= 4 is 34.2 Å². The van der Waals surface area contributed by atoms with E-state index in [1.165, 1.54) is 36.7 Å². The Labute approximate surface area is 208 Å². The molecule has 2 N–H and O–H groups in total. The number of nitrogens with one attached hydrogen (secondary N) is 1. The van der Waals surface area contributed by atoms with Crippen molar-refractivity contribution in [3.63, 3.8) is 0 Å². The maximum Gasteiger partial charge on any atom is 0.324 e. The fourth-order valence-corrected chi connectivity index (χ4v) is 4.39. The van der Waals surface area contributed by atoms with E-state index in [0.29, 0.717) is 37.7 Å². The molecule has 9 nitrogen and oxygen atoms in total. The second-order valence-corrected chi connectivity index (χ2v) is 8.37. The Morgan fingerprint density at radius 3 is 2.64 bits per heavy atom. The summed E-state index contributed by atoms with van der Waals surface area (Å²) in [5, 5.41) is 16.8. The molecule has 0 atom stereocenters. The molecular weight excluding hydrogens is 494 g/mol. The first-order valence-electron chi connectivity index (χ1n) is 10.9. The number of piperazine rings is 1. The minimum atomic E-state index is -0.945. The third-order valence-electron chi connectivity index (χ3n) is 5.83. The van der Waals surface area contributed by atoms with Crippen LogP contribution in [0.5, 0.6) is 17.5 Å². The standard InChI is InChI=1S/C24H19ClF2N6O3/c1-2-18(35)32-6-8-33(9-7-32)23-14-10-15(25)19(20-16(26)4-3-5-17(20)34)21(27)22(14)30-24(31-23)36-13-11-28-29-12-13/h2-5,10-12,34H,1,6-9H2,(H,28,29). The molecule has 1 fully saturated rings. The lowest BCUT2D eigenvalue weighted by Gasteiger charge is -2.35. The maximum absolute atomic E-state index is 16.0. The molecule has 0 saturated carbocycles. The monoisotopic (exact) mass is 512 g/mol. The van der Waals surface area contributed by atoms with E-state index in [1.54, 1.807) is 4.90 Å². The third kappa shape index (κ3) is 4.17. The van der Waals surface area contributed by atoms with Crippen molar-refractivity contribution in [2.45, 2.75) is 0 Å². The molecule has 2 aromatic carbocycles. The van der Waals surface area contributed by atoms with Gasteiger partial charge in [0.05, 0.1) is 23.0 Å². The molecule has 4 aromatic rings. The number of nitrogens with zero attached hydrogens (tertiary/aromatic N) is 5. The third-order valence-corrected chi connectivity index (χ3v) is 6.13. The molecule has 36 heavy (non-hydrogen) atoms. The topological polar surface area (TPSA) is 107 Å². The average Bonchev–Trinajstić information content (AvgIpc) is 3.38. The van der Waals surface area contributed by atoms with Gasteiger partial charge < -0.3 is 19.6 Å². The van der Waals surface area contributed by atoms with Gasteiger partial charge in [-0.3, -0.25) is 9.89 Å². The van der Waals surface area contributed by atoms with Gasteiger partial charge in [0.1, 0.15) is 22.9 Å². The van der Waals surface area contributed by atoms with Gasteiger partial charge in [0.2, 0.25) is 5.91 Å². The maximum atomic E-state index is 16.0. The number of fused-ring (bicyclic) bond motifs is 1. The summed E-state index contributed by atoms with van der Waals surface area (Å²) < 4.78 is 36.3. The van der Waals surface area contributed by atoms with E-state index in [0.717, 1.165) is 6.07 Å². The first kappa shape index (κ1) is 23.5. The van der Waals surface area contributed by atoms with Crippen molar-refractivity contribution in [2.24, 2.45) is 0 Å². The van der Waals surface area contributed by atoms with E-state index in [-0.39, 0.29) is 39.0 Å². The van der Waals surface area contributed by atoms with Crippen LogP contribution >= 0.6 is 11.6 Å². The Morgan fingerprint density at radius 1 is 1.19 bits per heavy atom. The van der Waals surface area contributed by atoms with E-state index in [1.807, 2.05) is 4.90 Å². The highest BCUT2D eigenvalue weighted by atomic mass is 35.5.